The third-order valence-electron chi connectivity index (χ3n) is 5.02. The number of carbonyl (C=O) groups excluding carboxylic acids is 1. The van der Waals surface area contributed by atoms with E-state index in [0.29, 0.717) is 11.1 Å². The van der Waals surface area contributed by atoms with Crippen LogP contribution in [0, 0.1) is 0 Å². The number of hydrogen-bond acceptors (Lipinski definition) is 6. The summed E-state index contributed by atoms with van der Waals surface area (Å²) in [6, 6.07) is 15.9. The highest BCUT2D eigenvalue weighted by Gasteiger charge is 2.28. The number of carbonyl (C=O) groups is 1. The molecule has 144 valence electrons. The van der Waals surface area contributed by atoms with Crippen LogP contribution < -0.4 is 4.74 Å². The van der Waals surface area contributed by atoms with Crippen LogP contribution in [0.25, 0.3) is 11.5 Å². The van der Waals surface area contributed by atoms with Crippen LogP contribution in [0.1, 0.15) is 23.6 Å². The van der Waals surface area contributed by atoms with E-state index in [-0.39, 0.29) is 17.7 Å². The van der Waals surface area contributed by atoms with E-state index in [9.17, 15) is 4.79 Å². The maximum Gasteiger partial charge on any atom is 0.277 e. The Morgan fingerprint density at radius 2 is 2.00 bits per heavy atom. The van der Waals surface area contributed by atoms with Crippen molar-refractivity contribution in [3.05, 3.63) is 59.7 Å². The molecule has 0 aliphatic heterocycles. The summed E-state index contributed by atoms with van der Waals surface area (Å²) in [5.74, 6) is 1.51. The van der Waals surface area contributed by atoms with Gasteiger partial charge in [-0.1, -0.05) is 36.0 Å². The topological polar surface area (TPSA) is 68.5 Å². The van der Waals surface area contributed by atoms with Crippen LogP contribution in [0.4, 0.5) is 0 Å². The summed E-state index contributed by atoms with van der Waals surface area (Å²) in [5, 5.41) is 8.50. The first kappa shape index (κ1) is 18.6. The normalized spacial score (nSPS) is 15.3. The molecule has 1 aliphatic carbocycles. The van der Waals surface area contributed by atoms with Crippen molar-refractivity contribution >= 4 is 17.7 Å². The summed E-state index contributed by atoms with van der Waals surface area (Å²) in [4.78, 5) is 14.5. The molecular formula is C21H21N3O3S. The SMILES string of the molecule is COc1ccc(-c2nnc(SCC(=O)N(C)C3CCc4ccccc43)o2)cc1. The van der Waals surface area contributed by atoms with E-state index in [4.69, 9.17) is 9.15 Å². The van der Waals surface area contributed by atoms with Gasteiger partial charge in [0, 0.05) is 12.6 Å². The number of fused-ring (bicyclic) bond motifs is 1. The highest BCUT2D eigenvalue weighted by molar-refractivity contribution is 7.99. The number of aryl methyl sites for hydroxylation is 1. The molecule has 1 heterocycles. The lowest BCUT2D eigenvalue weighted by atomic mass is 10.1. The number of ether oxygens (including phenoxy) is 1. The molecule has 4 rings (SSSR count). The quantitative estimate of drug-likeness (QED) is 0.588. The number of amides is 1. The maximum absolute atomic E-state index is 12.7. The Kier molecular flexibility index (Phi) is 5.34. The van der Waals surface area contributed by atoms with Crippen molar-refractivity contribution in [2.24, 2.45) is 0 Å². The number of thioether (sulfide) groups is 1. The molecule has 0 bridgehead atoms. The first-order chi connectivity index (χ1) is 13.7. The van der Waals surface area contributed by atoms with Gasteiger partial charge in [0.1, 0.15) is 5.75 Å². The third-order valence-corrected chi connectivity index (χ3v) is 5.83. The van der Waals surface area contributed by atoms with Crippen molar-refractivity contribution in [1.82, 2.24) is 15.1 Å². The first-order valence-electron chi connectivity index (χ1n) is 9.10. The lowest BCUT2D eigenvalue weighted by molar-refractivity contribution is -0.129. The number of nitrogens with zero attached hydrogens (tertiary/aromatic N) is 3. The van der Waals surface area contributed by atoms with Crippen LogP contribution in [-0.4, -0.2) is 40.9 Å². The maximum atomic E-state index is 12.7. The second-order valence-corrected chi connectivity index (χ2v) is 7.57. The molecule has 0 N–H and O–H groups in total. The predicted octanol–water partition coefficient (Wildman–Crippen LogP) is 3.98. The van der Waals surface area contributed by atoms with Gasteiger partial charge < -0.3 is 14.1 Å². The largest absolute Gasteiger partial charge is 0.497 e. The average molecular weight is 395 g/mol. The highest BCUT2D eigenvalue weighted by Crippen LogP contribution is 2.35. The summed E-state index contributed by atoms with van der Waals surface area (Å²) in [5.41, 5.74) is 3.40. The fraction of sp³-hybridized carbons (Fsp3) is 0.286. The van der Waals surface area contributed by atoms with Gasteiger partial charge in [-0.05, 0) is 48.2 Å². The van der Waals surface area contributed by atoms with Crippen molar-refractivity contribution in [2.75, 3.05) is 19.9 Å². The molecule has 0 spiro atoms. The van der Waals surface area contributed by atoms with E-state index >= 15 is 0 Å². The van der Waals surface area contributed by atoms with Crippen LogP contribution in [0.5, 0.6) is 5.75 Å². The highest BCUT2D eigenvalue weighted by atomic mass is 32.2. The van der Waals surface area contributed by atoms with Gasteiger partial charge in [0.25, 0.3) is 5.22 Å². The average Bonchev–Trinajstić information content (AvgIpc) is 3.39. The molecule has 3 aromatic rings. The minimum Gasteiger partial charge on any atom is -0.497 e. The zero-order chi connectivity index (χ0) is 19.5. The lowest BCUT2D eigenvalue weighted by Gasteiger charge is -2.25. The molecule has 2 aromatic carbocycles. The van der Waals surface area contributed by atoms with Gasteiger partial charge in [-0.2, -0.15) is 0 Å². The number of rotatable bonds is 6. The summed E-state index contributed by atoms with van der Waals surface area (Å²) in [6.07, 6.45) is 1.98. The number of aromatic nitrogens is 2. The monoisotopic (exact) mass is 395 g/mol. The lowest BCUT2D eigenvalue weighted by Crippen LogP contribution is -2.31. The van der Waals surface area contributed by atoms with Gasteiger partial charge in [0.15, 0.2) is 0 Å². The zero-order valence-electron chi connectivity index (χ0n) is 15.8. The van der Waals surface area contributed by atoms with Crippen molar-refractivity contribution < 1.29 is 13.9 Å². The Morgan fingerprint density at radius 1 is 1.21 bits per heavy atom. The minimum atomic E-state index is 0.0518. The van der Waals surface area contributed by atoms with E-state index in [2.05, 4.69) is 28.4 Å². The van der Waals surface area contributed by atoms with E-state index in [1.54, 1.807) is 7.11 Å². The minimum absolute atomic E-state index is 0.0518. The van der Waals surface area contributed by atoms with E-state index in [1.807, 2.05) is 42.3 Å². The second kappa shape index (κ2) is 8.06. The fourth-order valence-electron chi connectivity index (χ4n) is 3.45. The molecule has 1 unspecified atom stereocenters. The standard InChI is InChI=1S/C21H21N3O3S/c1-24(18-12-9-14-5-3-4-6-17(14)18)19(25)13-28-21-23-22-20(27-21)15-7-10-16(26-2)11-8-15/h3-8,10-11,18H,9,12-13H2,1-2H3. The van der Waals surface area contributed by atoms with E-state index in [0.717, 1.165) is 24.2 Å². The van der Waals surface area contributed by atoms with Gasteiger partial charge in [-0.25, -0.2) is 0 Å². The van der Waals surface area contributed by atoms with E-state index in [1.165, 1.54) is 22.9 Å². The Labute approximate surface area is 167 Å². The van der Waals surface area contributed by atoms with Gasteiger partial charge in [-0.3, -0.25) is 4.79 Å². The van der Waals surface area contributed by atoms with Gasteiger partial charge in [0.05, 0.1) is 18.9 Å². The Bertz CT molecular complexity index is 971. The Hall–Kier alpha value is -2.80. The molecule has 0 saturated carbocycles. The van der Waals surface area contributed by atoms with Crippen molar-refractivity contribution in [1.29, 1.82) is 0 Å². The Balaban J connectivity index is 1.37. The van der Waals surface area contributed by atoms with Crippen molar-refractivity contribution in [3.8, 4) is 17.2 Å². The fourth-order valence-corrected chi connectivity index (χ4v) is 4.14. The molecule has 0 fully saturated rings. The van der Waals surface area contributed by atoms with E-state index < -0.39 is 0 Å². The first-order valence-corrected chi connectivity index (χ1v) is 10.1. The number of benzene rings is 2. The van der Waals surface area contributed by atoms with Gasteiger partial charge >= 0.3 is 0 Å². The second-order valence-electron chi connectivity index (χ2n) is 6.65. The molecule has 1 amide bonds. The molecule has 1 aromatic heterocycles. The molecule has 0 radical (unpaired) electrons. The third kappa shape index (κ3) is 3.75. The molecule has 28 heavy (non-hydrogen) atoms. The summed E-state index contributed by atoms with van der Waals surface area (Å²) < 4.78 is 10.8. The van der Waals surface area contributed by atoms with Crippen LogP contribution in [-0.2, 0) is 11.2 Å². The predicted molar refractivity (Wildman–Crippen MR) is 107 cm³/mol. The summed E-state index contributed by atoms with van der Waals surface area (Å²) in [6.45, 7) is 0. The van der Waals surface area contributed by atoms with Gasteiger partial charge in [-0.15, -0.1) is 10.2 Å². The van der Waals surface area contributed by atoms with Crippen molar-refractivity contribution in [3.63, 3.8) is 0 Å². The summed E-state index contributed by atoms with van der Waals surface area (Å²) >= 11 is 1.26. The molecule has 6 nitrogen and oxygen atoms in total. The van der Waals surface area contributed by atoms with Crippen LogP contribution in [0.15, 0.2) is 58.2 Å². The molecule has 7 heteroatoms. The van der Waals surface area contributed by atoms with Gasteiger partial charge in [0.2, 0.25) is 11.8 Å². The van der Waals surface area contributed by atoms with Crippen molar-refractivity contribution in [2.45, 2.75) is 24.1 Å². The molecule has 0 saturated heterocycles. The van der Waals surface area contributed by atoms with Crippen LogP contribution in [0.3, 0.4) is 0 Å². The smallest absolute Gasteiger partial charge is 0.277 e. The Morgan fingerprint density at radius 3 is 2.79 bits per heavy atom. The zero-order valence-corrected chi connectivity index (χ0v) is 16.6. The number of methoxy groups -OCH3 is 1. The van der Waals surface area contributed by atoms with Crippen LogP contribution in [0.2, 0.25) is 0 Å². The molecular weight excluding hydrogens is 374 g/mol. The number of hydrogen-bond donors (Lipinski definition) is 0. The molecule has 1 aliphatic rings. The summed E-state index contributed by atoms with van der Waals surface area (Å²) in [7, 11) is 3.49. The molecule has 1 atom stereocenters. The van der Waals surface area contributed by atoms with Crippen LogP contribution >= 0.6 is 11.8 Å².